The summed E-state index contributed by atoms with van der Waals surface area (Å²) in [7, 11) is 0. The lowest BCUT2D eigenvalue weighted by molar-refractivity contribution is -0.115. The van der Waals surface area contributed by atoms with E-state index in [1.165, 1.54) is 12.1 Å². The highest BCUT2D eigenvalue weighted by molar-refractivity contribution is 6.00. The third kappa shape index (κ3) is 5.12. The van der Waals surface area contributed by atoms with Crippen LogP contribution in [0.5, 0.6) is 5.75 Å². The highest BCUT2D eigenvalue weighted by Crippen LogP contribution is 2.22. The predicted molar refractivity (Wildman–Crippen MR) is 94.1 cm³/mol. The van der Waals surface area contributed by atoms with Crippen LogP contribution < -0.4 is 10.6 Å². The van der Waals surface area contributed by atoms with Gasteiger partial charge in [-0.2, -0.15) is 0 Å². The van der Waals surface area contributed by atoms with Crippen molar-refractivity contribution in [3.63, 3.8) is 0 Å². The van der Waals surface area contributed by atoms with E-state index in [1.54, 1.807) is 6.07 Å². The van der Waals surface area contributed by atoms with Gasteiger partial charge in [-0.3, -0.25) is 9.59 Å². The van der Waals surface area contributed by atoms with Crippen LogP contribution in [-0.2, 0) is 11.2 Å². The van der Waals surface area contributed by atoms with E-state index < -0.39 is 5.54 Å². The number of carbonyl (C=O) groups is 2. The second-order valence-electron chi connectivity index (χ2n) is 6.65. The Morgan fingerprint density at radius 3 is 2.33 bits per heavy atom. The predicted octanol–water partition coefficient (Wildman–Crippen LogP) is 3.10. The number of phenols is 1. The van der Waals surface area contributed by atoms with E-state index >= 15 is 0 Å². The molecule has 0 fully saturated rings. The van der Waals surface area contributed by atoms with Crippen molar-refractivity contribution in [2.24, 2.45) is 0 Å². The number of anilines is 1. The smallest absolute Gasteiger partial charge is 0.255 e. The van der Waals surface area contributed by atoms with Gasteiger partial charge in [-0.25, -0.2) is 0 Å². The average molecular weight is 326 g/mol. The molecule has 0 unspecified atom stereocenters. The van der Waals surface area contributed by atoms with E-state index in [0.29, 0.717) is 5.69 Å². The molecule has 0 saturated carbocycles. The summed E-state index contributed by atoms with van der Waals surface area (Å²) in [4.78, 5) is 24.3. The molecular formula is C19H22N2O3. The van der Waals surface area contributed by atoms with Crippen LogP contribution in [0.4, 0.5) is 5.69 Å². The number of rotatable bonds is 4. The third-order valence-corrected chi connectivity index (χ3v) is 3.22. The average Bonchev–Trinajstić information content (AvgIpc) is 2.48. The molecule has 0 bridgehead atoms. The Balaban J connectivity index is 2.10. The molecule has 24 heavy (non-hydrogen) atoms. The van der Waals surface area contributed by atoms with E-state index in [-0.39, 0.29) is 29.5 Å². The zero-order valence-electron chi connectivity index (χ0n) is 14.1. The summed E-state index contributed by atoms with van der Waals surface area (Å²) in [5.74, 6) is -0.703. The summed E-state index contributed by atoms with van der Waals surface area (Å²) < 4.78 is 0. The van der Waals surface area contributed by atoms with Gasteiger partial charge in [0.05, 0.1) is 12.0 Å². The summed E-state index contributed by atoms with van der Waals surface area (Å²) >= 11 is 0. The quantitative estimate of drug-likeness (QED) is 0.756. The summed E-state index contributed by atoms with van der Waals surface area (Å²) in [6.07, 6.45) is 0.241. The maximum Gasteiger partial charge on any atom is 0.255 e. The van der Waals surface area contributed by atoms with Crippen LogP contribution in [-0.4, -0.2) is 22.5 Å². The summed E-state index contributed by atoms with van der Waals surface area (Å²) in [5, 5.41) is 15.4. The molecule has 2 rings (SSSR count). The fourth-order valence-corrected chi connectivity index (χ4v) is 2.19. The van der Waals surface area contributed by atoms with Crippen molar-refractivity contribution in [1.82, 2.24) is 5.32 Å². The van der Waals surface area contributed by atoms with Crippen LogP contribution in [0.15, 0.2) is 48.5 Å². The number of carbonyl (C=O) groups excluding carboxylic acids is 2. The maximum atomic E-state index is 12.2. The molecule has 0 radical (unpaired) electrons. The third-order valence-electron chi connectivity index (χ3n) is 3.22. The fraction of sp³-hybridized carbons (Fsp3) is 0.263. The van der Waals surface area contributed by atoms with Gasteiger partial charge < -0.3 is 15.7 Å². The lowest BCUT2D eigenvalue weighted by Gasteiger charge is -2.21. The SMILES string of the molecule is CC(C)(C)NC(=O)c1cc(NC(=O)Cc2ccccc2)ccc1O. The Hall–Kier alpha value is -2.82. The molecule has 0 spiro atoms. The zero-order chi connectivity index (χ0) is 17.7. The maximum absolute atomic E-state index is 12.2. The fourth-order valence-electron chi connectivity index (χ4n) is 2.19. The lowest BCUT2D eigenvalue weighted by Crippen LogP contribution is -2.40. The first-order chi connectivity index (χ1) is 11.2. The molecule has 0 aromatic heterocycles. The molecule has 2 amide bonds. The van der Waals surface area contributed by atoms with Gasteiger partial charge >= 0.3 is 0 Å². The first-order valence-corrected chi connectivity index (χ1v) is 7.74. The number of hydrogen-bond acceptors (Lipinski definition) is 3. The second-order valence-corrected chi connectivity index (χ2v) is 6.65. The second kappa shape index (κ2) is 7.17. The molecule has 0 aliphatic rings. The van der Waals surface area contributed by atoms with Gasteiger partial charge in [-0.05, 0) is 44.5 Å². The standard InChI is InChI=1S/C19H22N2O3/c1-19(2,3)21-18(24)15-12-14(9-10-16(15)22)20-17(23)11-13-7-5-4-6-8-13/h4-10,12,22H,11H2,1-3H3,(H,20,23)(H,21,24). The zero-order valence-corrected chi connectivity index (χ0v) is 14.1. The topological polar surface area (TPSA) is 78.4 Å². The van der Waals surface area contributed by atoms with Crippen molar-refractivity contribution < 1.29 is 14.7 Å². The van der Waals surface area contributed by atoms with Crippen LogP contribution in [0.3, 0.4) is 0 Å². The van der Waals surface area contributed by atoms with Gasteiger partial charge in [0.2, 0.25) is 5.91 Å². The molecule has 2 aromatic carbocycles. The Kier molecular flexibility index (Phi) is 5.24. The Bertz CT molecular complexity index is 734. The number of phenolic OH excluding ortho intramolecular Hbond substituents is 1. The molecular weight excluding hydrogens is 304 g/mol. The molecule has 0 heterocycles. The first kappa shape index (κ1) is 17.5. The molecule has 5 nitrogen and oxygen atoms in total. The molecule has 3 N–H and O–H groups in total. The molecule has 0 aliphatic heterocycles. The van der Waals surface area contributed by atoms with Crippen molar-refractivity contribution in [3.05, 3.63) is 59.7 Å². The number of aromatic hydroxyl groups is 1. The Morgan fingerprint density at radius 2 is 1.71 bits per heavy atom. The highest BCUT2D eigenvalue weighted by atomic mass is 16.3. The van der Waals surface area contributed by atoms with Gasteiger partial charge in [0.25, 0.3) is 5.91 Å². The van der Waals surface area contributed by atoms with E-state index in [4.69, 9.17) is 0 Å². The van der Waals surface area contributed by atoms with Crippen molar-refractivity contribution in [2.75, 3.05) is 5.32 Å². The molecule has 0 aliphatic carbocycles. The minimum atomic E-state index is -0.421. The first-order valence-electron chi connectivity index (χ1n) is 7.74. The van der Waals surface area contributed by atoms with Gasteiger partial charge in [-0.15, -0.1) is 0 Å². The van der Waals surface area contributed by atoms with E-state index in [9.17, 15) is 14.7 Å². The van der Waals surface area contributed by atoms with E-state index in [0.717, 1.165) is 5.56 Å². The van der Waals surface area contributed by atoms with Gasteiger partial charge in [0.1, 0.15) is 5.75 Å². The highest BCUT2D eigenvalue weighted by Gasteiger charge is 2.18. The van der Waals surface area contributed by atoms with Crippen LogP contribution in [0.2, 0.25) is 0 Å². The van der Waals surface area contributed by atoms with Crippen LogP contribution in [0, 0.1) is 0 Å². The minimum Gasteiger partial charge on any atom is -0.507 e. The summed E-state index contributed by atoms with van der Waals surface area (Å²) in [6, 6.07) is 13.8. The molecule has 5 heteroatoms. The van der Waals surface area contributed by atoms with Crippen LogP contribution in [0.25, 0.3) is 0 Å². The molecule has 0 saturated heterocycles. The van der Waals surface area contributed by atoms with Gasteiger partial charge in [-0.1, -0.05) is 30.3 Å². The van der Waals surface area contributed by atoms with Crippen molar-refractivity contribution in [1.29, 1.82) is 0 Å². The van der Waals surface area contributed by atoms with E-state index in [2.05, 4.69) is 10.6 Å². The molecule has 126 valence electrons. The van der Waals surface area contributed by atoms with Crippen molar-refractivity contribution in [2.45, 2.75) is 32.7 Å². The minimum absolute atomic E-state index is 0.127. The number of hydrogen-bond donors (Lipinski definition) is 3. The summed E-state index contributed by atoms with van der Waals surface area (Å²) in [5.41, 5.74) is 1.07. The molecule has 2 aromatic rings. The van der Waals surface area contributed by atoms with Crippen molar-refractivity contribution in [3.8, 4) is 5.75 Å². The monoisotopic (exact) mass is 326 g/mol. The number of nitrogens with one attached hydrogen (secondary N) is 2. The van der Waals surface area contributed by atoms with Gasteiger partial charge in [0, 0.05) is 11.2 Å². The Labute approximate surface area is 141 Å². The van der Waals surface area contributed by atoms with Crippen molar-refractivity contribution >= 4 is 17.5 Å². The Morgan fingerprint density at radius 1 is 1.04 bits per heavy atom. The largest absolute Gasteiger partial charge is 0.507 e. The number of benzene rings is 2. The normalized spacial score (nSPS) is 11.0. The molecule has 0 atom stereocenters. The lowest BCUT2D eigenvalue weighted by atomic mass is 10.1. The summed E-state index contributed by atoms with van der Waals surface area (Å²) in [6.45, 7) is 5.56. The van der Waals surface area contributed by atoms with Gasteiger partial charge in [0.15, 0.2) is 0 Å². The van der Waals surface area contributed by atoms with Crippen LogP contribution in [0.1, 0.15) is 36.7 Å². The van der Waals surface area contributed by atoms with Crippen LogP contribution >= 0.6 is 0 Å². The van der Waals surface area contributed by atoms with E-state index in [1.807, 2.05) is 51.1 Å². The number of amides is 2.